The number of aromatic carboxylic acids is 1. The first-order valence-electron chi connectivity index (χ1n) is 3.24. The molecular formula is C7H5NO4. The van der Waals surface area contributed by atoms with Gasteiger partial charge in [-0.05, 0) is 12.1 Å². The first-order chi connectivity index (χ1) is 5.79. The third-order valence-electron chi connectivity index (χ3n) is 1.50. The quantitative estimate of drug-likeness (QED) is 0.640. The average molecular weight is 167 g/mol. The van der Waals surface area contributed by atoms with E-state index < -0.39 is 5.97 Å². The van der Waals surface area contributed by atoms with Gasteiger partial charge < -0.3 is 14.8 Å². The monoisotopic (exact) mass is 167 g/mol. The molecule has 5 nitrogen and oxygen atoms in total. The summed E-state index contributed by atoms with van der Waals surface area (Å²) in [4.78, 5) is 20.1. The van der Waals surface area contributed by atoms with Gasteiger partial charge in [-0.2, -0.15) is 0 Å². The van der Waals surface area contributed by atoms with Crippen molar-refractivity contribution in [2.24, 2.45) is 0 Å². The maximum atomic E-state index is 10.6. The summed E-state index contributed by atoms with van der Waals surface area (Å²) in [5.41, 5.74) is 2.20. The second-order valence-electron chi connectivity index (χ2n) is 2.23. The number of hydrogen-bond acceptors (Lipinski definition) is 4. The van der Waals surface area contributed by atoms with Gasteiger partial charge >= 0.3 is 5.97 Å². The Morgan fingerprint density at radius 2 is 2.25 bits per heavy atom. The normalized spacial score (nSPS) is 13.0. The molecule has 0 saturated carbocycles. The predicted molar refractivity (Wildman–Crippen MR) is 37.8 cm³/mol. The molecule has 1 heterocycles. The minimum atomic E-state index is -1.04. The molecule has 0 saturated heterocycles. The maximum absolute atomic E-state index is 10.6. The van der Waals surface area contributed by atoms with E-state index in [0.29, 0.717) is 5.75 Å². The van der Waals surface area contributed by atoms with Crippen LogP contribution in [0.15, 0.2) is 18.2 Å². The van der Waals surface area contributed by atoms with Gasteiger partial charge in [0.25, 0.3) is 0 Å². The third kappa shape index (κ3) is 0.876. The molecular weight excluding hydrogens is 162 g/mol. The van der Waals surface area contributed by atoms with Gasteiger partial charge in [-0.15, -0.1) is 0 Å². The number of fused-ring (bicyclic) bond motifs is 1. The van der Waals surface area contributed by atoms with E-state index in [2.05, 4.69) is 5.64 Å². The van der Waals surface area contributed by atoms with Crippen molar-refractivity contribution in [2.45, 2.75) is 0 Å². The summed E-state index contributed by atoms with van der Waals surface area (Å²) in [6, 6.07) is 4.64. The van der Waals surface area contributed by atoms with Crippen LogP contribution in [0.1, 0.15) is 10.4 Å². The van der Waals surface area contributed by atoms with E-state index in [0.717, 1.165) is 0 Å². The lowest BCUT2D eigenvalue weighted by molar-refractivity contribution is 0.0251. The lowest BCUT2D eigenvalue weighted by Crippen LogP contribution is -2.14. The fourth-order valence-corrected chi connectivity index (χ4v) is 0.977. The largest absolute Gasteiger partial charge is 0.478 e. The first kappa shape index (κ1) is 6.93. The highest BCUT2D eigenvalue weighted by atomic mass is 16.9. The molecule has 0 unspecified atom stereocenters. The van der Waals surface area contributed by atoms with Crippen LogP contribution in [-0.4, -0.2) is 11.1 Å². The Morgan fingerprint density at radius 1 is 1.42 bits per heavy atom. The summed E-state index contributed by atoms with van der Waals surface area (Å²) in [5.74, 6) is -0.445. The zero-order valence-corrected chi connectivity index (χ0v) is 5.90. The number of carboxylic acid groups (broad SMARTS) is 1. The third-order valence-corrected chi connectivity index (χ3v) is 1.50. The van der Waals surface area contributed by atoms with E-state index in [1.54, 1.807) is 12.1 Å². The zero-order valence-electron chi connectivity index (χ0n) is 5.90. The van der Waals surface area contributed by atoms with Crippen molar-refractivity contribution in [1.29, 1.82) is 0 Å². The molecule has 1 aromatic rings. The van der Waals surface area contributed by atoms with Crippen LogP contribution < -0.4 is 15.3 Å². The summed E-state index contributed by atoms with van der Waals surface area (Å²) >= 11 is 0. The molecule has 2 rings (SSSR count). The van der Waals surface area contributed by atoms with Crippen LogP contribution in [0.3, 0.4) is 0 Å². The van der Waals surface area contributed by atoms with E-state index in [1.165, 1.54) is 6.07 Å². The molecule has 2 N–H and O–H groups in total. The number of benzene rings is 1. The van der Waals surface area contributed by atoms with Gasteiger partial charge in [0.2, 0.25) is 5.75 Å². The fourth-order valence-electron chi connectivity index (χ4n) is 0.977. The van der Waals surface area contributed by atoms with Crippen LogP contribution in [0.5, 0.6) is 11.5 Å². The number of rotatable bonds is 1. The Hall–Kier alpha value is -1.75. The SMILES string of the molecule is O=C(O)c1cccc2c1ONO2. The average Bonchev–Trinajstić information content (AvgIpc) is 2.49. The van der Waals surface area contributed by atoms with Gasteiger partial charge in [-0.1, -0.05) is 6.07 Å². The maximum Gasteiger partial charge on any atom is 0.339 e. The van der Waals surface area contributed by atoms with Crippen molar-refractivity contribution in [1.82, 2.24) is 5.64 Å². The highest BCUT2D eigenvalue weighted by Gasteiger charge is 2.21. The molecule has 1 aliphatic rings. The van der Waals surface area contributed by atoms with Crippen molar-refractivity contribution in [3.8, 4) is 11.5 Å². The molecule has 0 amide bonds. The Kier molecular flexibility index (Phi) is 1.38. The second kappa shape index (κ2) is 2.38. The van der Waals surface area contributed by atoms with E-state index in [9.17, 15) is 4.79 Å². The Bertz CT molecular complexity index is 336. The molecule has 0 spiro atoms. The number of hydrogen-bond donors (Lipinski definition) is 2. The lowest BCUT2D eigenvalue weighted by Gasteiger charge is -1.96. The smallest absolute Gasteiger partial charge is 0.339 e. The van der Waals surface area contributed by atoms with Crippen LogP contribution in [0.2, 0.25) is 0 Å². The van der Waals surface area contributed by atoms with Gasteiger partial charge in [0.05, 0.1) is 0 Å². The summed E-state index contributed by atoms with van der Waals surface area (Å²) in [5, 5.41) is 8.69. The highest BCUT2D eigenvalue weighted by Crippen LogP contribution is 2.33. The Morgan fingerprint density at radius 3 is 3.00 bits per heavy atom. The molecule has 5 heteroatoms. The molecule has 1 aliphatic heterocycles. The van der Waals surface area contributed by atoms with Crippen LogP contribution in [0, 0.1) is 0 Å². The number of nitrogens with one attached hydrogen (secondary N) is 1. The van der Waals surface area contributed by atoms with E-state index >= 15 is 0 Å². The summed E-state index contributed by atoms with van der Waals surface area (Å²) in [6.07, 6.45) is 0. The highest BCUT2D eigenvalue weighted by molar-refractivity contribution is 5.92. The molecule has 0 aromatic heterocycles. The van der Waals surface area contributed by atoms with Gasteiger partial charge in [0.15, 0.2) is 5.75 Å². The zero-order chi connectivity index (χ0) is 8.55. The minimum absolute atomic E-state index is 0.0810. The molecule has 0 bridgehead atoms. The Balaban J connectivity index is 2.56. The van der Waals surface area contributed by atoms with Crippen LogP contribution in [0.4, 0.5) is 0 Å². The Labute approximate surface area is 67.4 Å². The van der Waals surface area contributed by atoms with Crippen LogP contribution in [-0.2, 0) is 0 Å². The van der Waals surface area contributed by atoms with Crippen molar-refractivity contribution in [2.75, 3.05) is 0 Å². The molecule has 0 atom stereocenters. The molecule has 62 valence electrons. The summed E-state index contributed by atoms with van der Waals surface area (Å²) < 4.78 is 0. The number of para-hydroxylation sites is 1. The van der Waals surface area contributed by atoms with Gasteiger partial charge in [-0.3, -0.25) is 0 Å². The summed E-state index contributed by atoms with van der Waals surface area (Å²) in [6.45, 7) is 0. The van der Waals surface area contributed by atoms with Gasteiger partial charge in [0.1, 0.15) is 5.56 Å². The lowest BCUT2D eigenvalue weighted by atomic mass is 10.2. The van der Waals surface area contributed by atoms with E-state index in [-0.39, 0.29) is 11.3 Å². The molecule has 0 radical (unpaired) electrons. The molecule has 0 fully saturated rings. The van der Waals surface area contributed by atoms with Crippen molar-refractivity contribution in [3.63, 3.8) is 0 Å². The minimum Gasteiger partial charge on any atom is -0.478 e. The van der Waals surface area contributed by atoms with Crippen molar-refractivity contribution in [3.05, 3.63) is 23.8 Å². The molecule has 0 aliphatic carbocycles. The molecule has 1 aromatic carbocycles. The molecule has 12 heavy (non-hydrogen) atoms. The number of carbonyl (C=O) groups is 1. The van der Waals surface area contributed by atoms with Gasteiger partial charge in [-0.25, -0.2) is 4.79 Å². The summed E-state index contributed by atoms with van der Waals surface area (Å²) in [7, 11) is 0. The van der Waals surface area contributed by atoms with Crippen LogP contribution >= 0.6 is 0 Å². The van der Waals surface area contributed by atoms with Crippen molar-refractivity contribution >= 4 is 5.97 Å². The second-order valence-corrected chi connectivity index (χ2v) is 2.23. The fraction of sp³-hybridized carbons (Fsp3) is 0. The topological polar surface area (TPSA) is 67.8 Å². The van der Waals surface area contributed by atoms with Gasteiger partial charge in [0, 0.05) is 5.64 Å². The first-order valence-corrected chi connectivity index (χ1v) is 3.24. The number of carboxylic acids is 1. The van der Waals surface area contributed by atoms with Crippen molar-refractivity contribution < 1.29 is 19.6 Å². The standard InChI is InChI=1S/C7H5NO4/c9-7(10)4-2-1-3-5-6(4)12-8-11-5/h1-3,8H,(H,9,10). The van der Waals surface area contributed by atoms with Crippen LogP contribution in [0.25, 0.3) is 0 Å². The van der Waals surface area contributed by atoms with E-state index in [4.69, 9.17) is 14.8 Å². The van der Waals surface area contributed by atoms with E-state index in [1.807, 2.05) is 0 Å². The predicted octanol–water partition coefficient (Wildman–Crippen LogP) is 0.576.